The third-order valence-electron chi connectivity index (χ3n) is 4.02. The van der Waals surface area contributed by atoms with Crippen molar-refractivity contribution >= 4 is 39.1 Å². The van der Waals surface area contributed by atoms with Crippen molar-refractivity contribution in [3.05, 3.63) is 58.6 Å². The van der Waals surface area contributed by atoms with Crippen LogP contribution < -0.4 is 10.2 Å². The third-order valence-corrected chi connectivity index (χ3v) is 4.51. The molecule has 1 heterocycles. The van der Waals surface area contributed by atoms with Gasteiger partial charge in [-0.15, -0.1) is 0 Å². The minimum atomic E-state index is -0.332. The molecule has 5 heteroatoms. The molecule has 0 aromatic heterocycles. The molecular weight excluding hydrogens is 356 g/mol. The zero-order valence-electron chi connectivity index (χ0n) is 12.8. The highest BCUT2D eigenvalue weighted by Gasteiger charge is 2.35. The molecule has 1 aliphatic rings. The van der Waals surface area contributed by atoms with Gasteiger partial charge in [-0.05, 0) is 36.8 Å². The number of amides is 2. The molecule has 118 valence electrons. The maximum atomic E-state index is 12.5. The van der Waals surface area contributed by atoms with Crippen molar-refractivity contribution in [1.29, 1.82) is 0 Å². The first-order valence-corrected chi connectivity index (χ1v) is 8.26. The van der Waals surface area contributed by atoms with E-state index in [0.717, 1.165) is 21.4 Å². The van der Waals surface area contributed by atoms with Crippen LogP contribution in [0, 0.1) is 12.8 Å². The van der Waals surface area contributed by atoms with Crippen LogP contribution in [0.1, 0.15) is 12.0 Å². The van der Waals surface area contributed by atoms with Gasteiger partial charge in [-0.25, -0.2) is 0 Å². The summed E-state index contributed by atoms with van der Waals surface area (Å²) in [5.74, 6) is -0.459. The Labute approximate surface area is 143 Å². The quantitative estimate of drug-likeness (QED) is 0.891. The molecule has 0 radical (unpaired) electrons. The fraction of sp³-hybridized carbons (Fsp3) is 0.222. The number of para-hydroxylation sites is 1. The molecule has 0 aliphatic carbocycles. The number of hydrogen-bond acceptors (Lipinski definition) is 2. The van der Waals surface area contributed by atoms with Gasteiger partial charge in [0.25, 0.3) is 0 Å². The van der Waals surface area contributed by atoms with Crippen molar-refractivity contribution in [2.75, 3.05) is 16.8 Å². The summed E-state index contributed by atoms with van der Waals surface area (Å²) in [7, 11) is 0. The van der Waals surface area contributed by atoms with E-state index >= 15 is 0 Å². The number of benzene rings is 2. The summed E-state index contributed by atoms with van der Waals surface area (Å²) in [4.78, 5) is 26.4. The van der Waals surface area contributed by atoms with Gasteiger partial charge in [-0.2, -0.15) is 0 Å². The SMILES string of the molecule is Cc1ccccc1NC(=O)C1CC(=O)N(c2cccc(Br)c2)C1. The lowest BCUT2D eigenvalue weighted by Crippen LogP contribution is -2.28. The molecule has 3 rings (SSSR count). The van der Waals surface area contributed by atoms with E-state index in [-0.39, 0.29) is 24.2 Å². The van der Waals surface area contributed by atoms with Gasteiger partial charge in [0, 0.05) is 28.8 Å². The van der Waals surface area contributed by atoms with Crippen LogP contribution in [0.25, 0.3) is 0 Å². The van der Waals surface area contributed by atoms with Crippen LogP contribution in [0.3, 0.4) is 0 Å². The summed E-state index contributed by atoms with van der Waals surface area (Å²) in [6, 6.07) is 15.2. The van der Waals surface area contributed by atoms with Crippen molar-refractivity contribution in [3.8, 4) is 0 Å². The molecule has 2 aromatic rings. The van der Waals surface area contributed by atoms with Gasteiger partial charge in [0.05, 0.1) is 5.92 Å². The predicted molar refractivity (Wildman–Crippen MR) is 94.4 cm³/mol. The molecule has 0 bridgehead atoms. The monoisotopic (exact) mass is 372 g/mol. The highest BCUT2D eigenvalue weighted by atomic mass is 79.9. The Morgan fingerprint density at radius 2 is 2.00 bits per heavy atom. The first-order chi connectivity index (χ1) is 11.0. The number of anilines is 2. The first kappa shape index (κ1) is 15.7. The Morgan fingerprint density at radius 1 is 1.22 bits per heavy atom. The van der Waals surface area contributed by atoms with Crippen molar-refractivity contribution in [2.45, 2.75) is 13.3 Å². The largest absolute Gasteiger partial charge is 0.326 e. The molecular formula is C18H17BrN2O2. The van der Waals surface area contributed by atoms with Crippen molar-refractivity contribution in [3.63, 3.8) is 0 Å². The Kier molecular flexibility index (Phi) is 4.48. The molecule has 23 heavy (non-hydrogen) atoms. The summed E-state index contributed by atoms with van der Waals surface area (Å²) in [6.45, 7) is 2.36. The van der Waals surface area contributed by atoms with E-state index in [1.54, 1.807) is 4.90 Å². The lowest BCUT2D eigenvalue weighted by atomic mass is 10.1. The van der Waals surface area contributed by atoms with Gasteiger partial charge in [-0.1, -0.05) is 40.2 Å². The smallest absolute Gasteiger partial charge is 0.229 e. The average Bonchev–Trinajstić information content (AvgIpc) is 2.92. The van der Waals surface area contributed by atoms with Crippen molar-refractivity contribution < 1.29 is 9.59 Å². The van der Waals surface area contributed by atoms with Crippen molar-refractivity contribution in [2.24, 2.45) is 5.92 Å². The van der Waals surface area contributed by atoms with Crippen LogP contribution in [0.5, 0.6) is 0 Å². The van der Waals surface area contributed by atoms with Gasteiger partial charge < -0.3 is 10.2 Å². The number of aryl methyl sites for hydroxylation is 1. The van der Waals surface area contributed by atoms with Gasteiger partial charge >= 0.3 is 0 Å². The van der Waals surface area contributed by atoms with E-state index < -0.39 is 0 Å². The highest BCUT2D eigenvalue weighted by molar-refractivity contribution is 9.10. The number of halogens is 1. The van der Waals surface area contributed by atoms with E-state index in [1.165, 1.54) is 0 Å². The summed E-state index contributed by atoms with van der Waals surface area (Å²) in [5.41, 5.74) is 2.62. The number of rotatable bonds is 3. The summed E-state index contributed by atoms with van der Waals surface area (Å²) < 4.78 is 0.913. The summed E-state index contributed by atoms with van der Waals surface area (Å²) >= 11 is 3.41. The number of carbonyl (C=O) groups excluding carboxylic acids is 2. The summed E-state index contributed by atoms with van der Waals surface area (Å²) in [5, 5.41) is 2.93. The van der Waals surface area contributed by atoms with Crippen LogP contribution in [-0.2, 0) is 9.59 Å². The van der Waals surface area contributed by atoms with Crippen LogP contribution in [0.2, 0.25) is 0 Å². The van der Waals surface area contributed by atoms with E-state index in [2.05, 4.69) is 21.2 Å². The normalized spacial score (nSPS) is 17.4. The summed E-state index contributed by atoms with van der Waals surface area (Å²) in [6.07, 6.45) is 0.240. The van der Waals surface area contributed by atoms with Crippen molar-refractivity contribution in [1.82, 2.24) is 0 Å². The van der Waals surface area contributed by atoms with Gasteiger partial charge in [0.15, 0.2) is 0 Å². The minimum absolute atomic E-state index is 0.0203. The Balaban J connectivity index is 1.72. The molecule has 1 unspecified atom stereocenters. The van der Waals surface area contributed by atoms with Crippen LogP contribution in [0.15, 0.2) is 53.0 Å². The van der Waals surface area contributed by atoms with E-state index in [0.29, 0.717) is 6.54 Å². The topological polar surface area (TPSA) is 49.4 Å². The molecule has 0 spiro atoms. The number of carbonyl (C=O) groups is 2. The predicted octanol–water partition coefficient (Wildman–Crippen LogP) is 3.75. The molecule has 1 saturated heterocycles. The van der Waals surface area contributed by atoms with E-state index in [9.17, 15) is 9.59 Å². The molecule has 0 saturated carbocycles. The second-order valence-corrected chi connectivity index (χ2v) is 6.61. The van der Waals surface area contributed by atoms with Gasteiger partial charge in [-0.3, -0.25) is 9.59 Å². The fourth-order valence-electron chi connectivity index (χ4n) is 2.72. The molecule has 2 aromatic carbocycles. The first-order valence-electron chi connectivity index (χ1n) is 7.47. The number of nitrogens with zero attached hydrogens (tertiary/aromatic N) is 1. The zero-order valence-corrected chi connectivity index (χ0v) is 14.3. The fourth-order valence-corrected chi connectivity index (χ4v) is 3.11. The number of nitrogens with one attached hydrogen (secondary N) is 1. The van der Waals surface area contributed by atoms with E-state index in [1.807, 2.05) is 55.5 Å². The lowest BCUT2D eigenvalue weighted by Gasteiger charge is -2.17. The van der Waals surface area contributed by atoms with E-state index in [4.69, 9.17) is 0 Å². The Morgan fingerprint density at radius 3 is 2.74 bits per heavy atom. The van der Waals surface area contributed by atoms with Gasteiger partial charge in [0.1, 0.15) is 0 Å². The second-order valence-electron chi connectivity index (χ2n) is 5.69. The molecule has 1 atom stereocenters. The molecule has 2 amide bonds. The highest BCUT2D eigenvalue weighted by Crippen LogP contribution is 2.28. The molecule has 1 aliphatic heterocycles. The molecule has 4 nitrogen and oxygen atoms in total. The van der Waals surface area contributed by atoms with Crippen LogP contribution >= 0.6 is 15.9 Å². The molecule has 1 N–H and O–H groups in total. The lowest BCUT2D eigenvalue weighted by molar-refractivity contribution is -0.122. The Hall–Kier alpha value is -2.14. The third kappa shape index (κ3) is 3.45. The zero-order chi connectivity index (χ0) is 16.4. The minimum Gasteiger partial charge on any atom is -0.326 e. The maximum Gasteiger partial charge on any atom is 0.229 e. The second kappa shape index (κ2) is 6.54. The average molecular weight is 373 g/mol. The van der Waals surface area contributed by atoms with Gasteiger partial charge in [0.2, 0.25) is 11.8 Å². The standard InChI is InChI=1S/C18H17BrN2O2/c1-12-5-2-3-8-16(12)20-18(23)13-9-17(22)21(11-13)15-7-4-6-14(19)10-15/h2-8,10,13H,9,11H2,1H3,(H,20,23). The van der Waals surface area contributed by atoms with Crippen LogP contribution in [0.4, 0.5) is 11.4 Å². The maximum absolute atomic E-state index is 12.5. The van der Waals surface area contributed by atoms with Crippen LogP contribution in [-0.4, -0.2) is 18.4 Å². The molecule has 1 fully saturated rings. The Bertz CT molecular complexity index is 760. The number of hydrogen-bond donors (Lipinski definition) is 1.